The molecular weight excluding hydrogens is 190 g/mol. The molecular formula is C12H17NS. The maximum absolute atomic E-state index is 5.77. The summed E-state index contributed by atoms with van der Waals surface area (Å²) in [6.07, 6.45) is 5.89. The molecule has 0 radical (unpaired) electrons. The van der Waals surface area contributed by atoms with Gasteiger partial charge in [0.05, 0.1) is 0 Å². The van der Waals surface area contributed by atoms with Crippen LogP contribution in [0.1, 0.15) is 42.7 Å². The lowest BCUT2D eigenvalue weighted by Crippen LogP contribution is -2.10. The van der Waals surface area contributed by atoms with Crippen LogP contribution in [0, 0.1) is 11.8 Å². The maximum Gasteiger partial charge on any atom is 0.0189 e. The second-order valence-corrected chi connectivity index (χ2v) is 5.58. The molecule has 1 aromatic rings. The zero-order valence-corrected chi connectivity index (χ0v) is 9.22. The number of hydrogen-bond donors (Lipinski definition) is 1. The Balaban J connectivity index is 1.89. The lowest BCUT2D eigenvalue weighted by atomic mass is 9.83. The van der Waals surface area contributed by atoms with Gasteiger partial charge in [-0.2, -0.15) is 11.3 Å². The summed E-state index contributed by atoms with van der Waals surface area (Å²) >= 11 is 1.82. The smallest absolute Gasteiger partial charge is 0.0189 e. The Labute approximate surface area is 89.3 Å². The largest absolute Gasteiger partial charge is 0.326 e. The van der Waals surface area contributed by atoms with Crippen LogP contribution in [0.2, 0.25) is 0 Å². The highest BCUT2D eigenvalue weighted by molar-refractivity contribution is 7.08. The van der Waals surface area contributed by atoms with Crippen LogP contribution in [0.25, 0.3) is 0 Å². The molecule has 0 aromatic carbocycles. The summed E-state index contributed by atoms with van der Waals surface area (Å²) in [5, 5.41) is 4.58. The zero-order valence-electron chi connectivity index (χ0n) is 8.41. The molecule has 1 aromatic heterocycles. The average Bonchev–Trinajstić information content (AvgIpc) is 2.92. The molecule has 0 spiro atoms. The van der Waals surface area contributed by atoms with Crippen molar-refractivity contribution in [2.24, 2.45) is 17.6 Å². The molecule has 1 heterocycles. The van der Waals surface area contributed by atoms with Gasteiger partial charge in [0.1, 0.15) is 0 Å². The maximum atomic E-state index is 5.77. The van der Waals surface area contributed by atoms with Crippen LogP contribution >= 0.6 is 11.3 Å². The van der Waals surface area contributed by atoms with E-state index in [1.165, 1.54) is 31.2 Å². The predicted octanol–water partition coefficient (Wildman–Crippen LogP) is 3.11. The molecule has 1 nitrogen and oxygen atoms in total. The van der Waals surface area contributed by atoms with Crippen molar-refractivity contribution in [1.29, 1.82) is 0 Å². The van der Waals surface area contributed by atoms with Crippen molar-refractivity contribution >= 4 is 11.3 Å². The second-order valence-electron chi connectivity index (χ2n) is 4.84. The van der Waals surface area contributed by atoms with E-state index in [0.717, 1.165) is 24.3 Å². The summed E-state index contributed by atoms with van der Waals surface area (Å²) in [6.45, 7) is 0.729. The Kier molecular flexibility index (Phi) is 2.14. The van der Waals surface area contributed by atoms with E-state index in [4.69, 9.17) is 5.73 Å². The van der Waals surface area contributed by atoms with Gasteiger partial charge in [0.2, 0.25) is 0 Å². The molecule has 2 fully saturated rings. The number of fused-ring (bicyclic) bond motifs is 2. The van der Waals surface area contributed by atoms with Crippen LogP contribution in [-0.4, -0.2) is 0 Å². The molecule has 3 atom stereocenters. The fourth-order valence-electron chi connectivity index (χ4n) is 3.45. The molecule has 2 aliphatic carbocycles. The summed E-state index contributed by atoms with van der Waals surface area (Å²) in [7, 11) is 0. The molecule has 0 saturated heterocycles. The standard InChI is InChI=1S/C12H17NS/c13-5-10-6-14-7-12(10)11-4-8-1-2-9(11)3-8/h6-9,11H,1-5,13H2. The predicted molar refractivity (Wildman–Crippen MR) is 60.4 cm³/mol. The zero-order chi connectivity index (χ0) is 9.54. The first-order valence-electron chi connectivity index (χ1n) is 5.63. The molecule has 2 N–H and O–H groups in total. The number of nitrogens with two attached hydrogens (primary N) is 1. The van der Waals surface area contributed by atoms with Crippen LogP contribution in [0.15, 0.2) is 10.8 Å². The van der Waals surface area contributed by atoms with E-state index < -0.39 is 0 Å². The van der Waals surface area contributed by atoms with Crippen LogP contribution in [0.4, 0.5) is 0 Å². The molecule has 2 saturated carbocycles. The molecule has 0 aliphatic heterocycles. The van der Waals surface area contributed by atoms with E-state index in [1.54, 1.807) is 5.56 Å². The molecule has 2 bridgehead atoms. The molecule has 2 aliphatic rings. The fraction of sp³-hybridized carbons (Fsp3) is 0.667. The minimum Gasteiger partial charge on any atom is -0.326 e. The molecule has 2 heteroatoms. The van der Waals surface area contributed by atoms with E-state index in [2.05, 4.69) is 10.8 Å². The second kappa shape index (κ2) is 3.35. The van der Waals surface area contributed by atoms with Crippen LogP contribution < -0.4 is 5.73 Å². The fourth-order valence-corrected chi connectivity index (χ4v) is 4.39. The van der Waals surface area contributed by atoms with E-state index in [1.807, 2.05) is 11.3 Å². The van der Waals surface area contributed by atoms with Gasteiger partial charge in [0, 0.05) is 6.54 Å². The third kappa shape index (κ3) is 1.24. The van der Waals surface area contributed by atoms with Gasteiger partial charge in [0.15, 0.2) is 0 Å². The Morgan fingerprint density at radius 3 is 2.86 bits per heavy atom. The third-order valence-electron chi connectivity index (χ3n) is 4.13. The van der Waals surface area contributed by atoms with Crippen LogP contribution in [0.3, 0.4) is 0 Å². The van der Waals surface area contributed by atoms with Crippen molar-refractivity contribution in [2.45, 2.75) is 38.1 Å². The Hall–Kier alpha value is -0.340. The van der Waals surface area contributed by atoms with Gasteiger partial charge < -0.3 is 5.73 Å². The third-order valence-corrected chi connectivity index (χ3v) is 4.94. The van der Waals surface area contributed by atoms with Gasteiger partial charge in [-0.3, -0.25) is 0 Å². The van der Waals surface area contributed by atoms with Gasteiger partial charge in [-0.25, -0.2) is 0 Å². The van der Waals surface area contributed by atoms with E-state index in [-0.39, 0.29) is 0 Å². The highest BCUT2D eigenvalue weighted by Crippen LogP contribution is 2.53. The van der Waals surface area contributed by atoms with Crippen molar-refractivity contribution < 1.29 is 0 Å². The molecule has 3 rings (SSSR count). The summed E-state index contributed by atoms with van der Waals surface area (Å²) in [4.78, 5) is 0. The van der Waals surface area contributed by atoms with E-state index in [0.29, 0.717) is 0 Å². The first-order valence-corrected chi connectivity index (χ1v) is 6.57. The first-order chi connectivity index (χ1) is 6.88. The van der Waals surface area contributed by atoms with E-state index in [9.17, 15) is 0 Å². The molecule has 0 amide bonds. The quantitative estimate of drug-likeness (QED) is 0.792. The van der Waals surface area contributed by atoms with Crippen molar-refractivity contribution in [2.75, 3.05) is 0 Å². The SMILES string of the molecule is NCc1cscc1C1CC2CCC1C2. The van der Waals surface area contributed by atoms with Crippen LogP contribution in [0.5, 0.6) is 0 Å². The molecule has 14 heavy (non-hydrogen) atoms. The van der Waals surface area contributed by atoms with Gasteiger partial charge in [-0.1, -0.05) is 6.42 Å². The van der Waals surface area contributed by atoms with E-state index >= 15 is 0 Å². The number of rotatable bonds is 2. The van der Waals surface area contributed by atoms with Crippen molar-refractivity contribution in [3.05, 3.63) is 21.9 Å². The summed E-state index contributed by atoms with van der Waals surface area (Å²) in [5.74, 6) is 2.88. The van der Waals surface area contributed by atoms with Crippen molar-refractivity contribution in [3.8, 4) is 0 Å². The van der Waals surface area contributed by atoms with Gasteiger partial charge in [0.25, 0.3) is 0 Å². The normalized spacial score (nSPS) is 35.4. The summed E-state index contributed by atoms with van der Waals surface area (Å²) < 4.78 is 0. The highest BCUT2D eigenvalue weighted by Gasteiger charge is 2.40. The average molecular weight is 207 g/mol. The monoisotopic (exact) mass is 207 g/mol. The highest BCUT2D eigenvalue weighted by atomic mass is 32.1. The molecule has 76 valence electrons. The number of thiophene rings is 1. The minimum absolute atomic E-state index is 0.729. The topological polar surface area (TPSA) is 26.0 Å². The lowest BCUT2D eigenvalue weighted by molar-refractivity contribution is 0.419. The summed E-state index contributed by atoms with van der Waals surface area (Å²) in [5.41, 5.74) is 8.76. The van der Waals surface area contributed by atoms with Crippen molar-refractivity contribution in [3.63, 3.8) is 0 Å². The first kappa shape index (κ1) is 8.93. The van der Waals surface area contributed by atoms with Crippen molar-refractivity contribution in [1.82, 2.24) is 0 Å². The Morgan fingerprint density at radius 2 is 2.21 bits per heavy atom. The Morgan fingerprint density at radius 1 is 1.29 bits per heavy atom. The summed E-state index contributed by atoms with van der Waals surface area (Å²) in [6, 6.07) is 0. The van der Waals surface area contributed by atoms with Gasteiger partial charge in [-0.05, 0) is 58.9 Å². The van der Waals surface area contributed by atoms with Crippen LogP contribution in [-0.2, 0) is 6.54 Å². The van der Waals surface area contributed by atoms with Gasteiger partial charge in [-0.15, -0.1) is 0 Å². The molecule has 3 unspecified atom stereocenters. The lowest BCUT2D eigenvalue weighted by Gasteiger charge is -2.22. The minimum atomic E-state index is 0.729. The van der Waals surface area contributed by atoms with Gasteiger partial charge >= 0.3 is 0 Å². The number of hydrogen-bond acceptors (Lipinski definition) is 2. The Bertz CT molecular complexity index is 331.